The summed E-state index contributed by atoms with van der Waals surface area (Å²) in [6, 6.07) is 0. The van der Waals surface area contributed by atoms with Crippen LogP contribution in [0.2, 0.25) is 0 Å². The molecule has 1 aliphatic heterocycles. The predicted octanol–water partition coefficient (Wildman–Crippen LogP) is 2.95. The number of ether oxygens (including phenoxy) is 1. The summed E-state index contributed by atoms with van der Waals surface area (Å²) in [5.41, 5.74) is 0. The van der Waals surface area contributed by atoms with Crippen molar-refractivity contribution in [3.63, 3.8) is 0 Å². The summed E-state index contributed by atoms with van der Waals surface area (Å²) in [6.07, 6.45) is 9.54. The van der Waals surface area contributed by atoms with Gasteiger partial charge in [0.1, 0.15) is 5.78 Å². The normalized spacial score (nSPS) is 28.1. The average Bonchev–Trinajstić information content (AvgIpc) is 2.80. The zero-order chi connectivity index (χ0) is 10.5. The number of carbonyl (C=O) groups excluding carboxylic acids is 1. The van der Waals surface area contributed by atoms with Crippen LogP contribution in [0.25, 0.3) is 0 Å². The number of rotatable bonds is 4. The van der Waals surface area contributed by atoms with Gasteiger partial charge in [0.05, 0.1) is 6.61 Å². The van der Waals surface area contributed by atoms with Gasteiger partial charge in [-0.3, -0.25) is 4.79 Å². The van der Waals surface area contributed by atoms with E-state index in [1.165, 1.54) is 25.7 Å². The Morgan fingerprint density at radius 3 is 2.60 bits per heavy atom. The SMILES string of the molecule is O=C(CCC1CCCC1)C1CCCOC1. The van der Waals surface area contributed by atoms with Crippen molar-refractivity contribution in [1.29, 1.82) is 0 Å². The molecule has 1 saturated carbocycles. The molecule has 1 unspecified atom stereocenters. The molecule has 2 fully saturated rings. The lowest BCUT2D eigenvalue weighted by Crippen LogP contribution is -2.25. The first-order chi connectivity index (χ1) is 7.36. The minimum Gasteiger partial charge on any atom is -0.381 e. The molecule has 0 spiro atoms. The fourth-order valence-corrected chi connectivity index (χ4v) is 2.84. The zero-order valence-electron chi connectivity index (χ0n) is 9.54. The lowest BCUT2D eigenvalue weighted by atomic mass is 9.91. The Kier molecular flexibility index (Phi) is 4.18. The number of ketones is 1. The predicted molar refractivity (Wildman–Crippen MR) is 59.7 cm³/mol. The van der Waals surface area contributed by atoms with Crippen LogP contribution in [-0.2, 0) is 9.53 Å². The molecular formula is C13H22O2. The third kappa shape index (κ3) is 3.30. The van der Waals surface area contributed by atoms with E-state index in [9.17, 15) is 4.79 Å². The summed E-state index contributed by atoms with van der Waals surface area (Å²) in [4.78, 5) is 11.9. The van der Waals surface area contributed by atoms with Gasteiger partial charge in [-0.1, -0.05) is 25.7 Å². The number of hydrogen-bond donors (Lipinski definition) is 0. The van der Waals surface area contributed by atoms with Crippen molar-refractivity contribution >= 4 is 5.78 Å². The molecule has 1 heterocycles. The number of Topliss-reactive ketones (excluding diaryl/α,β-unsaturated/α-hetero) is 1. The molecule has 1 aliphatic carbocycles. The molecule has 2 aliphatic rings. The summed E-state index contributed by atoms with van der Waals surface area (Å²) < 4.78 is 5.35. The molecule has 0 radical (unpaired) electrons. The molecule has 0 amide bonds. The zero-order valence-corrected chi connectivity index (χ0v) is 9.54. The monoisotopic (exact) mass is 210 g/mol. The Labute approximate surface area is 92.4 Å². The largest absolute Gasteiger partial charge is 0.381 e. The molecule has 0 aromatic carbocycles. The van der Waals surface area contributed by atoms with E-state index < -0.39 is 0 Å². The molecule has 0 aromatic heterocycles. The number of carbonyl (C=O) groups is 1. The summed E-state index contributed by atoms with van der Waals surface area (Å²) >= 11 is 0. The van der Waals surface area contributed by atoms with Crippen LogP contribution in [-0.4, -0.2) is 19.0 Å². The fraction of sp³-hybridized carbons (Fsp3) is 0.923. The molecule has 1 atom stereocenters. The lowest BCUT2D eigenvalue weighted by Gasteiger charge is -2.21. The van der Waals surface area contributed by atoms with Crippen LogP contribution in [0.5, 0.6) is 0 Å². The van der Waals surface area contributed by atoms with Crippen molar-refractivity contribution < 1.29 is 9.53 Å². The summed E-state index contributed by atoms with van der Waals surface area (Å²) in [6.45, 7) is 1.54. The van der Waals surface area contributed by atoms with E-state index in [2.05, 4.69) is 0 Å². The van der Waals surface area contributed by atoms with E-state index >= 15 is 0 Å². The van der Waals surface area contributed by atoms with Gasteiger partial charge in [-0.25, -0.2) is 0 Å². The maximum Gasteiger partial charge on any atom is 0.138 e. The van der Waals surface area contributed by atoms with E-state index in [-0.39, 0.29) is 5.92 Å². The van der Waals surface area contributed by atoms with Gasteiger partial charge in [-0.05, 0) is 25.2 Å². The molecule has 86 valence electrons. The maximum absolute atomic E-state index is 11.9. The van der Waals surface area contributed by atoms with Gasteiger partial charge in [-0.2, -0.15) is 0 Å². The molecule has 2 rings (SSSR count). The topological polar surface area (TPSA) is 26.3 Å². The minimum atomic E-state index is 0.222. The summed E-state index contributed by atoms with van der Waals surface area (Å²) in [5, 5.41) is 0. The molecule has 2 heteroatoms. The smallest absolute Gasteiger partial charge is 0.138 e. The van der Waals surface area contributed by atoms with Crippen LogP contribution >= 0.6 is 0 Å². The second-order valence-corrected chi connectivity index (χ2v) is 5.07. The second kappa shape index (κ2) is 5.64. The molecule has 0 aromatic rings. The third-order valence-electron chi connectivity index (χ3n) is 3.89. The molecule has 2 nitrogen and oxygen atoms in total. The van der Waals surface area contributed by atoms with E-state index in [0.717, 1.165) is 38.2 Å². The first-order valence-electron chi connectivity index (χ1n) is 6.46. The van der Waals surface area contributed by atoms with E-state index in [1.807, 2.05) is 0 Å². The first-order valence-corrected chi connectivity index (χ1v) is 6.46. The Hall–Kier alpha value is -0.370. The number of hydrogen-bond acceptors (Lipinski definition) is 2. The minimum absolute atomic E-state index is 0.222. The Bertz CT molecular complexity index is 201. The lowest BCUT2D eigenvalue weighted by molar-refractivity contribution is -0.127. The van der Waals surface area contributed by atoms with E-state index in [4.69, 9.17) is 4.74 Å². The van der Waals surface area contributed by atoms with Crippen molar-refractivity contribution in [1.82, 2.24) is 0 Å². The van der Waals surface area contributed by atoms with Crippen molar-refractivity contribution in [2.24, 2.45) is 11.8 Å². The quantitative estimate of drug-likeness (QED) is 0.713. The standard InChI is InChI=1S/C13H22O2/c14-13(12-6-3-9-15-10-12)8-7-11-4-1-2-5-11/h11-12H,1-10H2. The molecular weight excluding hydrogens is 188 g/mol. The highest BCUT2D eigenvalue weighted by atomic mass is 16.5. The van der Waals surface area contributed by atoms with Crippen LogP contribution in [0, 0.1) is 11.8 Å². The van der Waals surface area contributed by atoms with Crippen LogP contribution in [0.1, 0.15) is 51.4 Å². The third-order valence-corrected chi connectivity index (χ3v) is 3.89. The molecule has 1 saturated heterocycles. The van der Waals surface area contributed by atoms with Gasteiger partial charge < -0.3 is 4.74 Å². The van der Waals surface area contributed by atoms with Gasteiger partial charge in [0, 0.05) is 18.9 Å². The van der Waals surface area contributed by atoms with Crippen LogP contribution in [0.15, 0.2) is 0 Å². The van der Waals surface area contributed by atoms with Gasteiger partial charge in [0.15, 0.2) is 0 Å². The molecule has 0 bridgehead atoms. The molecule has 0 N–H and O–H groups in total. The van der Waals surface area contributed by atoms with Gasteiger partial charge in [0.25, 0.3) is 0 Å². The van der Waals surface area contributed by atoms with E-state index in [0.29, 0.717) is 12.4 Å². The highest BCUT2D eigenvalue weighted by Crippen LogP contribution is 2.29. The highest BCUT2D eigenvalue weighted by molar-refractivity contribution is 5.81. The van der Waals surface area contributed by atoms with Gasteiger partial charge in [0.2, 0.25) is 0 Å². The van der Waals surface area contributed by atoms with Crippen molar-refractivity contribution in [3.8, 4) is 0 Å². The van der Waals surface area contributed by atoms with Gasteiger partial charge >= 0.3 is 0 Å². The van der Waals surface area contributed by atoms with Crippen LogP contribution in [0.4, 0.5) is 0 Å². The second-order valence-electron chi connectivity index (χ2n) is 5.07. The maximum atomic E-state index is 11.9. The Morgan fingerprint density at radius 1 is 1.13 bits per heavy atom. The van der Waals surface area contributed by atoms with Crippen molar-refractivity contribution in [2.45, 2.75) is 51.4 Å². The van der Waals surface area contributed by atoms with Crippen molar-refractivity contribution in [2.75, 3.05) is 13.2 Å². The molecule has 15 heavy (non-hydrogen) atoms. The Morgan fingerprint density at radius 2 is 1.93 bits per heavy atom. The average molecular weight is 210 g/mol. The van der Waals surface area contributed by atoms with Crippen LogP contribution in [0.3, 0.4) is 0 Å². The van der Waals surface area contributed by atoms with Crippen LogP contribution < -0.4 is 0 Å². The van der Waals surface area contributed by atoms with E-state index in [1.54, 1.807) is 0 Å². The van der Waals surface area contributed by atoms with Gasteiger partial charge in [-0.15, -0.1) is 0 Å². The fourth-order valence-electron chi connectivity index (χ4n) is 2.84. The Balaban J connectivity index is 1.66. The first kappa shape index (κ1) is 11.1. The highest BCUT2D eigenvalue weighted by Gasteiger charge is 2.23. The van der Waals surface area contributed by atoms with Crippen molar-refractivity contribution in [3.05, 3.63) is 0 Å². The summed E-state index contributed by atoms with van der Waals surface area (Å²) in [7, 11) is 0. The summed E-state index contributed by atoms with van der Waals surface area (Å²) in [5.74, 6) is 1.53.